The smallest absolute Gasteiger partial charge is 0.325 e. The maximum atomic E-state index is 11.2. The monoisotopic (exact) mass is 295 g/mol. The van der Waals surface area contributed by atoms with Gasteiger partial charge in [0.1, 0.15) is 0 Å². The first-order chi connectivity index (χ1) is 10.1. The Hall–Kier alpha value is -2.26. The summed E-state index contributed by atoms with van der Waals surface area (Å²) in [7, 11) is 3.43. The van der Waals surface area contributed by atoms with Crippen molar-refractivity contribution >= 4 is 0 Å². The number of aromatic amines is 2. The Bertz CT molecular complexity index is 661. The summed E-state index contributed by atoms with van der Waals surface area (Å²) in [5, 5.41) is 3.84. The van der Waals surface area contributed by atoms with Crippen LogP contribution in [0.4, 0.5) is 0 Å². The normalized spacial score (nSPS) is 11.2. The third-order valence-electron chi connectivity index (χ3n) is 2.70. The number of hydrogen-bond acceptors (Lipinski definition) is 7. The van der Waals surface area contributed by atoms with Crippen molar-refractivity contribution in [2.45, 2.75) is 19.5 Å². The van der Waals surface area contributed by atoms with Crippen molar-refractivity contribution in [1.29, 1.82) is 0 Å². The Labute approximate surface area is 119 Å². The lowest BCUT2D eigenvalue weighted by molar-refractivity contribution is 0.199. The van der Waals surface area contributed by atoms with Gasteiger partial charge in [0.15, 0.2) is 5.82 Å². The van der Waals surface area contributed by atoms with E-state index in [4.69, 9.17) is 9.26 Å². The van der Waals surface area contributed by atoms with Crippen LogP contribution in [0.15, 0.2) is 20.2 Å². The summed E-state index contributed by atoms with van der Waals surface area (Å²) >= 11 is 0. The molecule has 0 aromatic carbocycles. The number of aromatic nitrogens is 4. The molecular weight excluding hydrogens is 278 g/mol. The van der Waals surface area contributed by atoms with Crippen LogP contribution in [0.25, 0.3) is 0 Å². The van der Waals surface area contributed by atoms with Crippen molar-refractivity contribution in [1.82, 2.24) is 25.0 Å². The highest BCUT2D eigenvalue weighted by molar-refractivity contribution is 4.98. The van der Waals surface area contributed by atoms with E-state index >= 15 is 0 Å². The molecular formula is C12H17N5O4. The van der Waals surface area contributed by atoms with Crippen molar-refractivity contribution < 1.29 is 9.26 Å². The van der Waals surface area contributed by atoms with E-state index in [2.05, 4.69) is 20.1 Å². The number of nitrogens with one attached hydrogen (secondary N) is 2. The molecule has 0 saturated heterocycles. The topological polar surface area (TPSA) is 117 Å². The average molecular weight is 295 g/mol. The Morgan fingerprint density at radius 1 is 1.33 bits per heavy atom. The SMILES string of the molecule is COCCc1noc(CN(C)Cc2cc(=O)[nH]c(=O)[nH]2)n1. The molecule has 0 aliphatic rings. The Kier molecular flexibility index (Phi) is 5.01. The molecule has 2 aromatic rings. The van der Waals surface area contributed by atoms with Crippen molar-refractivity contribution in [3.63, 3.8) is 0 Å². The third-order valence-corrected chi connectivity index (χ3v) is 2.70. The molecule has 0 aliphatic heterocycles. The quantitative estimate of drug-likeness (QED) is 0.691. The van der Waals surface area contributed by atoms with Crippen molar-refractivity contribution in [2.75, 3.05) is 20.8 Å². The van der Waals surface area contributed by atoms with E-state index in [9.17, 15) is 9.59 Å². The summed E-state index contributed by atoms with van der Waals surface area (Å²) in [5.41, 5.74) is -0.433. The molecule has 0 radical (unpaired) electrons. The highest BCUT2D eigenvalue weighted by atomic mass is 16.5. The standard InChI is InChI=1S/C12H17N5O4/c1-17(6-8-5-10(18)15-12(19)13-8)7-11-14-9(16-21-11)3-4-20-2/h5H,3-4,6-7H2,1-2H3,(H2,13,15,18,19). The molecule has 2 heterocycles. The summed E-state index contributed by atoms with van der Waals surface area (Å²) in [6, 6.07) is 1.34. The van der Waals surface area contributed by atoms with Crippen LogP contribution in [0.1, 0.15) is 17.4 Å². The second kappa shape index (κ2) is 6.95. The van der Waals surface area contributed by atoms with Gasteiger partial charge >= 0.3 is 5.69 Å². The summed E-state index contributed by atoms with van der Waals surface area (Å²) < 4.78 is 10.1. The molecule has 0 unspecified atom stereocenters. The van der Waals surface area contributed by atoms with E-state index in [1.807, 2.05) is 11.9 Å². The van der Waals surface area contributed by atoms with E-state index in [1.54, 1.807) is 7.11 Å². The van der Waals surface area contributed by atoms with E-state index in [0.29, 0.717) is 43.5 Å². The Balaban J connectivity index is 1.94. The van der Waals surface area contributed by atoms with Crippen LogP contribution < -0.4 is 11.2 Å². The predicted octanol–water partition coefficient (Wildman–Crippen LogP) is -0.733. The maximum Gasteiger partial charge on any atom is 0.325 e. The van der Waals surface area contributed by atoms with Gasteiger partial charge in [0.05, 0.1) is 13.2 Å². The van der Waals surface area contributed by atoms with E-state index in [1.165, 1.54) is 6.07 Å². The lowest BCUT2D eigenvalue weighted by Gasteiger charge is -2.13. The molecule has 2 N–H and O–H groups in total. The summed E-state index contributed by atoms with van der Waals surface area (Å²) in [6.07, 6.45) is 0.588. The average Bonchev–Trinajstić information content (AvgIpc) is 2.82. The summed E-state index contributed by atoms with van der Waals surface area (Å²) in [6.45, 7) is 1.33. The molecule has 9 heteroatoms. The first-order valence-electron chi connectivity index (χ1n) is 6.38. The minimum absolute atomic E-state index is 0.384. The molecule has 2 rings (SSSR count). The van der Waals surface area contributed by atoms with Gasteiger partial charge in [-0.25, -0.2) is 4.79 Å². The molecule has 0 saturated carbocycles. The van der Waals surface area contributed by atoms with E-state index < -0.39 is 11.2 Å². The van der Waals surface area contributed by atoms with Crippen LogP contribution >= 0.6 is 0 Å². The zero-order valence-corrected chi connectivity index (χ0v) is 11.9. The fourth-order valence-electron chi connectivity index (χ4n) is 1.83. The van der Waals surface area contributed by atoms with Crippen LogP contribution in [0.3, 0.4) is 0 Å². The lowest BCUT2D eigenvalue weighted by atomic mass is 10.3. The van der Waals surface area contributed by atoms with Gasteiger partial charge in [-0.3, -0.25) is 14.7 Å². The Morgan fingerprint density at radius 2 is 2.14 bits per heavy atom. The number of nitrogens with zero attached hydrogens (tertiary/aromatic N) is 3. The van der Waals surface area contributed by atoms with Gasteiger partial charge < -0.3 is 14.2 Å². The zero-order chi connectivity index (χ0) is 15.2. The molecule has 0 atom stereocenters. The number of hydrogen-bond donors (Lipinski definition) is 2. The van der Waals surface area contributed by atoms with Gasteiger partial charge in [-0.15, -0.1) is 0 Å². The molecule has 0 aliphatic carbocycles. The van der Waals surface area contributed by atoms with Crippen LogP contribution in [-0.2, 0) is 24.2 Å². The summed E-state index contributed by atoms with van der Waals surface area (Å²) in [5.74, 6) is 1.06. The zero-order valence-electron chi connectivity index (χ0n) is 11.9. The first-order valence-corrected chi connectivity index (χ1v) is 6.38. The van der Waals surface area contributed by atoms with Crippen molar-refractivity contribution in [3.8, 4) is 0 Å². The van der Waals surface area contributed by atoms with Crippen molar-refractivity contribution in [2.24, 2.45) is 0 Å². The van der Waals surface area contributed by atoms with Gasteiger partial charge in [0.2, 0.25) is 5.89 Å². The van der Waals surface area contributed by atoms with Crippen LogP contribution in [0.5, 0.6) is 0 Å². The van der Waals surface area contributed by atoms with Gasteiger partial charge in [-0.2, -0.15) is 4.98 Å². The van der Waals surface area contributed by atoms with Crippen LogP contribution in [0.2, 0.25) is 0 Å². The maximum absolute atomic E-state index is 11.2. The molecule has 0 amide bonds. The fraction of sp³-hybridized carbons (Fsp3) is 0.500. The van der Waals surface area contributed by atoms with Gasteiger partial charge in [-0.1, -0.05) is 5.16 Å². The van der Waals surface area contributed by atoms with E-state index in [0.717, 1.165) is 0 Å². The molecule has 9 nitrogen and oxygen atoms in total. The van der Waals surface area contributed by atoms with Crippen LogP contribution in [0, 0.1) is 0 Å². The minimum atomic E-state index is -0.523. The van der Waals surface area contributed by atoms with Crippen LogP contribution in [-0.4, -0.2) is 45.8 Å². The van der Waals surface area contributed by atoms with Gasteiger partial charge in [-0.05, 0) is 7.05 Å². The molecule has 0 bridgehead atoms. The first kappa shape index (κ1) is 15.1. The highest BCUT2D eigenvalue weighted by Gasteiger charge is 2.10. The van der Waals surface area contributed by atoms with Crippen molar-refractivity contribution in [3.05, 3.63) is 44.3 Å². The van der Waals surface area contributed by atoms with E-state index in [-0.39, 0.29) is 0 Å². The predicted molar refractivity (Wildman–Crippen MR) is 72.7 cm³/mol. The second-order valence-electron chi connectivity index (χ2n) is 4.63. The summed E-state index contributed by atoms with van der Waals surface area (Å²) in [4.78, 5) is 33.1. The Morgan fingerprint density at radius 3 is 2.86 bits per heavy atom. The number of H-pyrrole nitrogens is 2. The highest BCUT2D eigenvalue weighted by Crippen LogP contribution is 2.04. The second-order valence-corrected chi connectivity index (χ2v) is 4.63. The minimum Gasteiger partial charge on any atom is -0.384 e. The number of methoxy groups -OCH3 is 1. The number of ether oxygens (including phenoxy) is 1. The van der Waals surface area contributed by atoms with Gasteiger partial charge in [0.25, 0.3) is 5.56 Å². The molecule has 2 aromatic heterocycles. The lowest BCUT2D eigenvalue weighted by Crippen LogP contribution is -2.26. The molecule has 0 fully saturated rings. The molecule has 114 valence electrons. The molecule has 21 heavy (non-hydrogen) atoms. The molecule has 0 spiro atoms. The fourth-order valence-corrected chi connectivity index (χ4v) is 1.83. The third kappa shape index (κ3) is 4.65. The number of rotatable bonds is 7. The largest absolute Gasteiger partial charge is 0.384 e. The van der Waals surface area contributed by atoms with Gasteiger partial charge in [0, 0.05) is 31.8 Å².